The standard InChI is InChI=1S/C18H26N4O3/c23-15-10-13(11-15)16(24)22-7-3-18(4-8-22)12-14(2-9-25-18)21-17-19-5-1-6-20-17/h1,5-6,13-15,23H,2-4,7-12H2,(H,19,20,21). The molecule has 2 saturated heterocycles. The predicted octanol–water partition coefficient (Wildman–Crippen LogP) is 1.20. The van der Waals surface area contributed by atoms with Gasteiger partial charge in [-0.3, -0.25) is 4.79 Å². The topological polar surface area (TPSA) is 87.6 Å². The first-order chi connectivity index (χ1) is 12.1. The highest BCUT2D eigenvalue weighted by Crippen LogP contribution is 2.37. The van der Waals surface area contributed by atoms with Crippen LogP contribution in [0.1, 0.15) is 38.5 Å². The molecular weight excluding hydrogens is 320 g/mol. The maximum atomic E-state index is 12.4. The minimum Gasteiger partial charge on any atom is -0.393 e. The zero-order valence-corrected chi connectivity index (χ0v) is 14.4. The van der Waals surface area contributed by atoms with Gasteiger partial charge in [0.05, 0.1) is 11.7 Å². The van der Waals surface area contributed by atoms with Crippen LogP contribution in [0.5, 0.6) is 0 Å². The van der Waals surface area contributed by atoms with Crippen molar-refractivity contribution in [3.63, 3.8) is 0 Å². The Bertz CT molecular complexity index is 598. The van der Waals surface area contributed by atoms with E-state index in [-0.39, 0.29) is 23.5 Å². The predicted molar refractivity (Wildman–Crippen MR) is 91.9 cm³/mol. The number of hydrogen-bond donors (Lipinski definition) is 2. The third-order valence-electron chi connectivity index (χ3n) is 5.84. The van der Waals surface area contributed by atoms with Crippen LogP contribution in [0, 0.1) is 5.92 Å². The molecule has 1 aliphatic carbocycles. The molecule has 3 aliphatic rings. The first-order valence-electron chi connectivity index (χ1n) is 9.28. The number of aliphatic hydroxyl groups excluding tert-OH is 1. The summed E-state index contributed by atoms with van der Waals surface area (Å²) >= 11 is 0. The Morgan fingerprint density at radius 1 is 1.28 bits per heavy atom. The summed E-state index contributed by atoms with van der Waals surface area (Å²) in [6.45, 7) is 2.23. The molecule has 1 saturated carbocycles. The molecule has 2 aliphatic heterocycles. The zero-order chi connectivity index (χ0) is 17.3. The maximum Gasteiger partial charge on any atom is 0.225 e. The molecule has 1 atom stereocenters. The SMILES string of the molecule is O=C(C1CC(O)C1)N1CCC2(CC1)CC(Nc1ncccn1)CCO2. The Balaban J connectivity index is 1.31. The molecule has 2 N–H and O–H groups in total. The number of amides is 1. The van der Waals surface area contributed by atoms with Crippen molar-refractivity contribution >= 4 is 11.9 Å². The van der Waals surface area contributed by atoms with Gasteiger partial charge in [-0.2, -0.15) is 0 Å². The number of anilines is 1. The van der Waals surface area contributed by atoms with Crippen LogP contribution < -0.4 is 5.32 Å². The van der Waals surface area contributed by atoms with Crippen LogP contribution in [0.3, 0.4) is 0 Å². The molecule has 1 aromatic heterocycles. The molecule has 3 fully saturated rings. The van der Waals surface area contributed by atoms with E-state index in [1.165, 1.54) is 0 Å². The van der Waals surface area contributed by atoms with E-state index < -0.39 is 0 Å². The van der Waals surface area contributed by atoms with Crippen molar-refractivity contribution < 1.29 is 14.6 Å². The largest absolute Gasteiger partial charge is 0.393 e. The lowest BCUT2D eigenvalue weighted by Gasteiger charge is -2.47. The van der Waals surface area contributed by atoms with Crippen LogP contribution in [0.2, 0.25) is 0 Å². The van der Waals surface area contributed by atoms with Gasteiger partial charge in [0.25, 0.3) is 0 Å². The van der Waals surface area contributed by atoms with Gasteiger partial charge in [0.2, 0.25) is 11.9 Å². The van der Waals surface area contributed by atoms with Crippen molar-refractivity contribution in [1.82, 2.24) is 14.9 Å². The highest BCUT2D eigenvalue weighted by Gasteiger charge is 2.43. The van der Waals surface area contributed by atoms with Gasteiger partial charge in [-0.05, 0) is 44.6 Å². The lowest BCUT2D eigenvalue weighted by Crippen LogP contribution is -2.54. The number of carbonyl (C=O) groups is 1. The molecule has 0 radical (unpaired) electrons. The molecule has 1 unspecified atom stereocenters. The summed E-state index contributed by atoms with van der Waals surface area (Å²) in [6.07, 6.45) is 8.08. The Labute approximate surface area is 147 Å². The Morgan fingerprint density at radius 2 is 2.00 bits per heavy atom. The van der Waals surface area contributed by atoms with Crippen LogP contribution in [0.25, 0.3) is 0 Å². The average molecular weight is 346 g/mol. The smallest absolute Gasteiger partial charge is 0.225 e. The summed E-state index contributed by atoms with van der Waals surface area (Å²) in [7, 11) is 0. The molecule has 1 amide bonds. The van der Waals surface area contributed by atoms with E-state index in [9.17, 15) is 9.90 Å². The molecule has 0 bridgehead atoms. The molecule has 25 heavy (non-hydrogen) atoms. The van der Waals surface area contributed by atoms with Crippen molar-refractivity contribution in [3.05, 3.63) is 18.5 Å². The monoisotopic (exact) mass is 346 g/mol. The fourth-order valence-electron chi connectivity index (χ4n) is 4.24. The van der Waals surface area contributed by atoms with Crippen LogP contribution in [-0.4, -0.2) is 63.3 Å². The molecule has 3 heterocycles. The second-order valence-corrected chi connectivity index (χ2v) is 7.59. The van der Waals surface area contributed by atoms with Crippen LogP contribution in [-0.2, 0) is 9.53 Å². The van der Waals surface area contributed by atoms with Crippen molar-refractivity contribution in [2.45, 2.75) is 56.3 Å². The van der Waals surface area contributed by atoms with E-state index >= 15 is 0 Å². The number of likely N-dealkylation sites (tertiary alicyclic amines) is 1. The Hall–Kier alpha value is -1.73. The number of piperidine rings is 1. The normalized spacial score (nSPS) is 31.4. The fourth-order valence-corrected chi connectivity index (χ4v) is 4.24. The molecule has 4 rings (SSSR count). The van der Waals surface area contributed by atoms with Gasteiger partial charge in [0.1, 0.15) is 0 Å². The maximum absolute atomic E-state index is 12.4. The Morgan fingerprint density at radius 3 is 2.68 bits per heavy atom. The number of hydrogen-bond acceptors (Lipinski definition) is 6. The molecule has 0 aromatic carbocycles. The highest BCUT2D eigenvalue weighted by molar-refractivity contribution is 5.80. The minimum atomic E-state index is -0.279. The van der Waals surface area contributed by atoms with Crippen molar-refractivity contribution in [2.75, 3.05) is 25.0 Å². The average Bonchev–Trinajstić information content (AvgIpc) is 2.60. The summed E-state index contributed by atoms with van der Waals surface area (Å²) < 4.78 is 6.16. The van der Waals surface area contributed by atoms with Gasteiger partial charge in [0.15, 0.2) is 0 Å². The zero-order valence-electron chi connectivity index (χ0n) is 14.4. The van der Waals surface area contributed by atoms with Crippen LogP contribution in [0.15, 0.2) is 18.5 Å². The number of aliphatic hydroxyl groups is 1. The van der Waals surface area contributed by atoms with E-state index in [2.05, 4.69) is 15.3 Å². The highest BCUT2D eigenvalue weighted by atomic mass is 16.5. The first-order valence-corrected chi connectivity index (χ1v) is 9.28. The van der Waals surface area contributed by atoms with E-state index in [4.69, 9.17) is 4.74 Å². The van der Waals surface area contributed by atoms with Crippen LogP contribution >= 0.6 is 0 Å². The van der Waals surface area contributed by atoms with Crippen molar-refractivity contribution in [3.8, 4) is 0 Å². The molecule has 7 nitrogen and oxygen atoms in total. The summed E-state index contributed by atoms with van der Waals surface area (Å²) in [6, 6.07) is 2.12. The molecule has 136 valence electrons. The van der Waals surface area contributed by atoms with Crippen molar-refractivity contribution in [1.29, 1.82) is 0 Å². The van der Waals surface area contributed by atoms with E-state index in [1.807, 2.05) is 11.0 Å². The Kier molecular flexibility index (Phi) is 4.60. The van der Waals surface area contributed by atoms with E-state index in [0.29, 0.717) is 24.8 Å². The van der Waals surface area contributed by atoms with Gasteiger partial charge < -0.3 is 20.1 Å². The molecule has 1 spiro atoms. The summed E-state index contributed by atoms with van der Waals surface area (Å²) in [5, 5.41) is 12.8. The molecule has 1 aromatic rings. The van der Waals surface area contributed by atoms with Gasteiger partial charge in [-0.1, -0.05) is 0 Å². The minimum absolute atomic E-state index is 0.0287. The van der Waals surface area contributed by atoms with Crippen LogP contribution in [0.4, 0.5) is 5.95 Å². The van der Waals surface area contributed by atoms with Gasteiger partial charge in [-0.25, -0.2) is 9.97 Å². The number of ether oxygens (including phenoxy) is 1. The van der Waals surface area contributed by atoms with Gasteiger partial charge >= 0.3 is 0 Å². The second-order valence-electron chi connectivity index (χ2n) is 7.59. The number of nitrogens with zero attached hydrogens (tertiary/aromatic N) is 3. The third-order valence-corrected chi connectivity index (χ3v) is 5.84. The molecular formula is C18H26N4O3. The second kappa shape index (κ2) is 6.88. The quantitative estimate of drug-likeness (QED) is 0.855. The van der Waals surface area contributed by atoms with Crippen molar-refractivity contribution in [2.24, 2.45) is 5.92 Å². The number of nitrogens with one attached hydrogen (secondary N) is 1. The number of aromatic nitrogens is 2. The summed E-state index contributed by atoms with van der Waals surface area (Å²) in [4.78, 5) is 22.9. The van der Waals surface area contributed by atoms with Gasteiger partial charge in [-0.15, -0.1) is 0 Å². The molecule has 7 heteroatoms. The number of rotatable bonds is 3. The van der Waals surface area contributed by atoms with E-state index in [0.717, 1.165) is 45.4 Å². The lowest BCUT2D eigenvalue weighted by atomic mass is 9.79. The third kappa shape index (κ3) is 3.62. The lowest BCUT2D eigenvalue weighted by molar-refractivity contribution is -0.152. The fraction of sp³-hybridized carbons (Fsp3) is 0.722. The van der Waals surface area contributed by atoms with E-state index in [1.54, 1.807) is 12.4 Å². The summed E-state index contributed by atoms with van der Waals surface area (Å²) in [5.74, 6) is 0.907. The number of carbonyl (C=O) groups excluding carboxylic acids is 1. The van der Waals surface area contributed by atoms with Gasteiger partial charge in [0, 0.05) is 44.0 Å². The first kappa shape index (κ1) is 16.7. The summed E-state index contributed by atoms with van der Waals surface area (Å²) in [5.41, 5.74) is -0.138.